The molecule has 0 aliphatic heterocycles. The number of rotatable bonds is 1. The number of nitriles is 1. The number of nitrogens with zero attached hydrogens (tertiary/aromatic N) is 1. The average Bonchev–Trinajstić information content (AvgIpc) is 2.07. The predicted octanol–water partition coefficient (Wildman–Crippen LogP) is 3.14. The molecule has 0 aliphatic carbocycles. The average molecular weight is 206 g/mol. The van der Waals surface area contributed by atoms with Gasteiger partial charge in [0.2, 0.25) is 0 Å². The second-order valence-electron chi connectivity index (χ2n) is 4.20. The maximum atomic E-state index is 8.60. The van der Waals surface area contributed by atoms with Crippen molar-refractivity contribution in [1.82, 2.24) is 0 Å². The molecule has 2 N–H and O–H groups in total. The second kappa shape index (κ2) is 3.93. The Bertz CT molecular complexity index is 372. The van der Waals surface area contributed by atoms with E-state index in [0.29, 0.717) is 5.69 Å². The zero-order valence-electron chi connectivity index (χ0n) is 8.66. The third-order valence-electron chi connectivity index (χ3n) is 2.04. The SMILES string of the molecule is CC(C)(C)c1ccc(N)c(SC#N)c1. The Balaban J connectivity index is 3.14. The van der Waals surface area contributed by atoms with Crippen molar-refractivity contribution in [2.45, 2.75) is 31.1 Å². The van der Waals surface area contributed by atoms with Gasteiger partial charge in [-0.1, -0.05) is 26.8 Å². The van der Waals surface area contributed by atoms with Crippen LogP contribution in [-0.4, -0.2) is 0 Å². The number of thioether (sulfide) groups is 1. The summed E-state index contributed by atoms with van der Waals surface area (Å²) >= 11 is 1.11. The Hall–Kier alpha value is -1.14. The third-order valence-corrected chi connectivity index (χ3v) is 2.70. The zero-order valence-corrected chi connectivity index (χ0v) is 9.48. The highest BCUT2D eigenvalue weighted by Crippen LogP contribution is 2.30. The standard InChI is InChI=1S/C11H14N2S/c1-11(2,3)8-4-5-9(13)10(6-8)14-7-12/h4-6H,13H2,1-3H3. The van der Waals surface area contributed by atoms with Crippen molar-refractivity contribution in [3.05, 3.63) is 23.8 Å². The summed E-state index contributed by atoms with van der Waals surface area (Å²) in [4.78, 5) is 0.847. The van der Waals surface area contributed by atoms with Crippen molar-refractivity contribution in [2.24, 2.45) is 0 Å². The Morgan fingerprint density at radius 2 is 2.00 bits per heavy atom. The van der Waals surface area contributed by atoms with Crippen LogP contribution in [0.3, 0.4) is 0 Å². The number of nitrogen functional groups attached to an aromatic ring is 1. The number of nitrogens with two attached hydrogens (primary N) is 1. The van der Waals surface area contributed by atoms with Gasteiger partial charge in [0.15, 0.2) is 0 Å². The van der Waals surface area contributed by atoms with Crippen molar-refractivity contribution in [3.8, 4) is 5.40 Å². The normalized spacial score (nSPS) is 11.0. The van der Waals surface area contributed by atoms with Gasteiger partial charge in [-0.05, 0) is 34.9 Å². The highest BCUT2D eigenvalue weighted by atomic mass is 32.2. The molecule has 1 aromatic rings. The molecule has 0 spiro atoms. The summed E-state index contributed by atoms with van der Waals surface area (Å²) in [6.07, 6.45) is 0. The first-order valence-corrected chi connectivity index (χ1v) is 5.23. The molecule has 74 valence electrons. The lowest BCUT2D eigenvalue weighted by Crippen LogP contribution is -2.11. The molecule has 0 saturated heterocycles. The third kappa shape index (κ3) is 2.43. The van der Waals surface area contributed by atoms with Gasteiger partial charge in [-0.3, -0.25) is 0 Å². The Labute approximate surface area is 89.1 Å². The maximum absolute atomic E-state index is 8.60. The lowest BCUT2D eigenvalue weighted by molar-refractivity contribution is 0.589. The fourth-order valence-electron chi connectivity index (χ4n) is 1.14. The molecule has 0 amide bonds. The van der Waals surface area contributed by atoms with E-state index < -0.39 is 0 Å². The van der Waals surface area contributed by atoms with Crippen molar-refractivity contribution in [1.29, 1.82) is 5.26 Å². The molecule has 3 heteroatoms. The van der Waals surface area contributed by atoms with Gasteiger partial charge >= 0.3 is 0 Å². The summed E-state index contributed by atoms with van der Waals surface area (Å²) in [5.41, 5.74) is 7.71. The maximum Gasteiger partial charge on any atom is 0.138 e. The Morgan fingerprint density at radius 3 is 2.50 bits per heavy atom. The van der Waals surface area contributed by atoms with E-state index in [4.69, 9.17) is 11.0 Å². The molecule has 0 aliphatic rings. The van der Waals surface area contributed by atoms with Gasteiger partial charge in [-0.2, -0.15) is 5.26 Å². The van der Waals surface area contributed by atoms with Crippen LogP contribution in [0.2, 0.25) is 0 Å². The minimum absolute atomic E-state index is 0.0957. The van der Waals surface area contributed by atoms with Crippen LogP contribution in [0.25, 0.3) is 0 Å². The summed E-state index contributed by atoms with van der Waals surface area (Å²) < 4.78 is 0. The smallest absolute Gasteiger partial charge is 0.138 e. The van der Waals surface area contributed by atoms with Gasteiger partial charge < -0.3 is 5.73 Å². The first kappa shape index (κ1) is 10.9. The molecule has 0 unspecified atom stereocenters. The Morgan fingerprint density at radius 1 is 1.36 bits per heavy atom. The topological polar surface area (TPSA) is 49.8 Å². The van der Waals surface area contributed by atoms with E-state index in [9.17, 15) is 0 Å². The molecule has 0 heterocycles. The van der Waals surface area contributed by atoms with E-state index in [1.165, 1.54) is 5.56 Å². The van der Waals surface area contributed by atoms with Gasteiger partial charge in [-0.25, -0.2) is 0 Å². The van der Waals surface area contributed by atoms with Crippen LogP contribution >= 0.6 is 11.8 Å². The number of thiocyanates is 1. The first-order valence-electron chi connectivity index (χ1n) is 4.41. The van der Waals surface area contributed by atoms with Gasteiger partial charge in [0, 0.05) is 10.6 Å². The molecule has 0 atom stereocenters. The zero-order chi connectivity index (χ0) is 10.8. The quantitative estimate of drug-likeness (QED) is 0.436. The molecule has 14 heavy (non-hydrogen) atoms. The summed E-state index contributed by atoms with van der Waals surface area (Å²) in [5.74, 6) is 0. The molecule has 2 nitrogen and oxygen atoms in total. The number of anilines is 1. The van der Waals surface area contributed by atoms with E-state index in [0.717, 1.165) is 16.7 Å². The van der Waals surface area contributed by atoms with Gasteiger partial charge in [-0.15, -0.1) is 0 Å². The number of benzene rings is 1. The van der Waals surface area contributed by atoms with Gasteiger partial charge in [0.05, 0.1) is 0 Å². The number of hydrogen-bond acceptors (Lipinski definition) is 3. The van der Waals surface area contributed by atoms with Crippen molar-refractivity contribution < 1.29 is 0 Å². The highest BCUT2D eigenvalue weighted by molar-refractivity contribution is 8.03. The minimum Gasteiger partial charge on any atom is -0.398 e. The van der Waals surface area contributed by atoms with E-state index in [2.05, 4.69) is 20.8 Å². The molecule has 0 aromatic heterocycles. The van der Waals surface area contributed by atoms with E-state index in [1.807, 2.05) is 23.6 Å². The van der Waals surface area contributed by atoms with Crippen molar-refractivity contribution in [2.75, 3.05) is 5.73 Å². The molecular formula is C11H14N2S. The van der Waals surface area contributed by atoms with Crippen LogP contribution in [-0.2, 0) is 5.41 Å². The minimum atomic E-state index is 0.0957. The van der Waals surface area contributed by atoms with E-state index >= 15 is 0 Å². The van der Waals surface area contributed by atoms with Crippen LogP contribution in [0.5, 0.6) is 0 Å². The molecule has 0 fully saturated rings. The molecule has 0 bridgehead atoms. The van der Waals surface area contributed by atoms with Crippen LogP contribution < -0.4 is 5.73 Å². The largest absolute Gasteiger partial charge is 0.398 e. The second-order valence-corrected chi connectivity index (χ2v) is 5.02. The van der Waals surface area contributed by atoms with Crippen LogP contribution in [0, 0.1) is 10.7 Å². The number of hydrogen-bond donors (Lipinski definition) is 1. The Kier molecular flexibility index (Phi) is 3.07. The summed E-state index contributed by atoms with van der Waals surface area (Å²) in [5, 5.41) is 10.6. The van der Waals surface area contributed by atoms with Crippen molar-refractivity contribution in [3.63, 3.8) is 0 Å². The fraction of sp³-hybridized carbons (Fsp3) is 0.364. The fourth-order valence-corrected chi connectivity index (χ4v) is 1.61. The lowest BCUT2D eigenvalue weighted by atomic mass is 9.87. The van der Waals surface area contributed by atoms with Gasteiger partial charge in [0.25, 0.3) is 0 Å². The van der Waals surface area contributed by atoms with Crippen LogP contribution in [0.1, 0.15) is 26.3 Å². The van der Waals surface area contributed by atoms with Crippen LogP contribution in [0.15, 0.2) is 23.1 Å². The predicted molar refractivity (Wildman–Crippen MR) is 61.0 cm³/mol. The summed E-state index contributed by atoms with van der Waals surface area (Å²) in [7, 11) is 0. The summed E-state index contributed by atoms with van der Waals surface area (Å²) in [6, 6.07) is 5.86. The lowest BCUT2D eigenvalue weighted by Gasteiger charge is -2.19. The van der Waals surface area contributed by atoms with Gasteiger partial charge in [0.1, 0.15) is 5.40 Å². The first-order chi connectivity index (χ1) is 6.45. The molecule has 1 aromatic carbocycles. The molecule has 0 saturated carbocycles. The van der Waals surface area contributed by atoms with Crippen molar-refractivity contribution >= 4 is 17.4 Å². The monoisotopic (exact) mass is 206 g/mol. The van der Waals surface area contributed by atoms with E-state index in [1.54, 1.807) is 0 Å². The summed E-state index contributed by atoms with van der Waals surface area (Å²) in [6.45, 7) is 6.41. The molecular weight excluding hydrogens is 192 g/mol. The highest BCUT2D eigenvalue weighted by Gasteiger charge is 2.14. The molecule has 1 rings (SSSR count). The van der Waals surface area contributed by atoms with Crippen LogP contribution in [0.4, 0.5) is 5.69 Å². The molecule has 0 radical (unpaired) electrons. The van der Waals surface area contributed by atoms with E-state index in [-0.39, 0.29) is 5.41 Å².